The van der Waals surface area contributed by atoms with Gasteiger partial charge < -0.3 is 19.5 Å². The minimum Gasteiger partial charge on any atom is -0.497 e. The molecule has 1 fully saturated rings. The third-order valence-electron chi connectivity index (χ3n) is 5.10. The van der Waals surface area contributed by atoms with E-state index in [2.05, 4.69) is 33.8 Å². The fourth-order valence-electron chi connectivity index (χ4n) is 3.40. The predicted octanol–water partition coefficient (Wildman–Crippen LogP) is 1.77. The Morgan fingerprint density at radius 1 is 1.24 bits per heavy atom. The lowest BCUT2D eigenvalue weighted by Gasteiger charge is -2.33. The summed E-state index contributed by atoms with van der Waals surface area (Å²) in [6, 6.07) is 5.87. The van der Waals surface area contributed by atoms with E-state index in [1.165, 1.54) is 0 Å². The van der Waals surface area contributed by atoms with Gasteiger partial charge in [0.2, 0.25) is 0 Å². The molecule has 29 heavy (non-hydrogen) atoms. The van der Waals surface area contributed by atoms with E-state index >= 15 is 0 Å². The SMILES string of the molecule is COc1ccc(CN(C)Cc2nccs2)c(OCC(O)CN2CCN(C)CC2)c1. The molecule has 1 aliphatic rings. The molecule has 160 valence electrons. The van der Waals surface area contributed by atoms with E-state index in [4.69, 9.17) is 9.47 Å². The molecular weight excluding hydrogens is 388 g/mol. The number of benzene rings is 1. The number of nitrogens with zero attached hydrogens (tertiary/aromatic N) is 4. The number of rotatable bonds is 10. The van der Waals surface area contributed by atoms with Gasteiger partial charge in [-0.2, -0.15) is 0 Å². The monoisotopic (exact) mass is 420 g/mol. The molecule has 1 unspecified atom stereocenters. The molecule has 3 rings (SSSR count). The largest absolute Gasteiger partial charge is 0.497 e. The lowest BCUT2D eigenvalue weighted by Crippen LogP contribution is -2.47. The first kappa shape index (κ1) is 22.0. The molecule has 1 aliphatic heterocycles. The highest BCUT2D eigenvalue weighted by Crippen LogP contribution is 2.26. The van der Waals surface area contributed by atoms with E-state index in [-0.39, 0.29) is 6.61 Å². The fraction of sp³-hybridized carbons (Fsp3) is 0.571. The average molecular weight is 421 g/mol. The third kappa shape index (κ3) is 6.94. The molecule has 1 atom stereocenters. The molecule has 0 spiro atoms. The van der Waals surface area contributed by atoms with Crippen LogP contribution in [0.4, 0.5) is 0 Å². The van der Waals surface area contributed by atoms with E-state index in [0.717, 1.165) is 61.3 Å². The van der Waals surface area contributed by atoms with Crippen molar-refractivity contribution in [1.82, 2.24) is 19.7 Å². The Labute approximate surface area is 177 Å². The molecule has 2 aromatic rings. The zero-order valence-corrected chi connectivity index (χ0v) is 18.4. The standard InChI is InChI=1S/C21H32N4O3S/c1-23-7-9-25(10-8-23)14-18(26)16-28-20-12-19(27-3)5-4-17(20)13-24(2)15-21-22-6-11-29-21/h4-6,11-12,18,26H,7-10,13-16H2,1-3H3. The van der Waals surface area contributed by atoms with Gasteiger partial charge in [0.1, 0.15) is 29.2 Å². The van der Waals surface area contributed by atoms with Crippen molar-refractivity contribution in [3.8, 4) is 11.5 Å². The van der Waals surface area contributed by atoms with Crippen molar-refractivity contribution in [2.45, 2.75) is 19.2 Å². The maximum Gasteiger partial charge on any atom is 0.127 e. The minimum absolute atomic E-state index is 0.267. The number of hydrogen-bond acceptors (Lipinski definition) is 8. The number of thiazole rings is 1. The molecule has 0 amide bonds. The number of aromatic nitrogens is 1. The number of hydrogen-bond donors (Lipinski definition) is 1. The van der Waals surface area contributed by atoms with Crippen molar-refractivity contribution >= 4 is 11.3 Å². The summed E-state index contributed by atoms with van der Waals surface area (Å²) < 4.78 is 11.4. The summed E-state index contributed by atoms with van der Waals surface area (Å²) in [5.41, 5.74) is 1.07. The summed E-state index contributed by atoms with van der Waals surface area (Å²) in [6.07, 6.45) is 1.31. The molecule has 0 saturated carbocycles. The summed E-state index contributed by atoms with van der Waals surface area (Å²) in [5.74, 6) is 1.51. The maximum absolute atomic E-state index is 10.5. The first-order valence-electron chi connectivity index (χ1n) is 9.99. The smallest absolute Gasteiger partial charge is 0.127 e. The molecule has 8 heteroatoms. The van der Waals surface area contributed by atoms with Gasteiger partial charge in [-0.1, -0.05) is 6.07 Å². The maximum atomic E-state index is 10.5. The second-order valence-electron chi connectivity index (χ2n) is 7.64. The Hall–Kier alpha value is -1.71. The highest BCUT2D eigenvalue weighted by atomic mass is 32.1. The number of aliphatic hydroxyl groups is 1. The van der Waals surface area contributed by atoms with Gasteiger partial charge in [-0.15, -0.1) is 11.3 Å². The highest BCUT2D eigenvalue weighted by Gasteiger charge is 2.18. The van der Waals surface area contributed by atoms with E-state index in [0.29, 0.717) is 6.54 Å². The van der Waals surface area contributed by atoms with Crippen molar-refractivity contribution in [3.05, 3.63) is 40.3 Å². The van der Waals surface area contributed by atoms with Crippen LogP contribution in [0, 0.1) is 0 Å². The Bertz CT molecular complexity index is 736. The summed E-state index contributed by atoms with van der Waals surface area (Å²) >= 11 is 1.66. The Balaban J connectivity index is 1.56. The topological polar surface area (TPSA) is 61.3 Å². The van der Waals surface area contributed by atoms with Crippen LogP contribution in [0.5, 0.6) is 11.5 Å². The molecule has 7 nitrogen and oxygen atoms in total. The van der Waals surface area contributed by atoms with E-state index < -0.39 is 6.10 Å². The van der Waals surface area contributed by atoms with Crippen molar-refractivity contribution < 1.29 is 14.6 Å². The van der Waals surface area contributed by atoms with Crippen molar-refractivity contribution in [3.63, 3.8) is 0 Å². The van der Waals surface area contributed by atoms with E-state index in [9.17, 15) is 5.11 Å². The van der Waals surface area contributed by atoms with Crippen LogP contribution < -0.4 is 9.47 Å². The molecular formula is C21H32N4O3S. The van der Waals surface area contributed by atoms with Crippen LogP contribution >= 0.6 is 11.3 Å². The number of methoxy groups -OCH3 is 1. The normalized spacial score (nSPS) is 16.9. The predicted molar refractivity (Wildman–Crippen MR) is 116 cm³/mol. The van der Waals surface area contributed by atoms with E-state index in [1.807, 2.05) is 29.8 Å². The third-order valence-corrected chi connectivity index (χ3v) is 5.86. The van der Waals surface area contributed by atoms with E-state index in [1.54, 1.807) is 18.4 Å². The van der Waals surface area contributed by atoms with Crippen LogP contribution in [-0.2, 0) is 13.1 Å². The van der Waals surface area contributed by atoms with Crippen LogP contribution in [0.2, 0.25) is 0 Å². The zero-order chi connectivity index (χ0) is 20.6. The van der Waals surface area contributed by atoms with Gasteiger partial charge in [-0.3, -0.25) is 9.80 Å². The fourth-order valence-corrected chi connectivity index (χ4v) is 4.10. The Morgan fingerprint density at radius 2 is 2.03 bits per heavy atom. The summed E-state index contributed by atoms with van der Waals surface area (Å²) in [6.45, 7) is 6.47. The second kappa shape index (κ2) is 10.9. The van der Waals surface area contributed by atoms with Crippen LogP contribution in [0.15, 0.2) is 29.8 Å². The first-order chi connectivity index (χ1) is 14.0. The Morgan fingerprint density at radius 3 is 2.72 bits per heavy atom. The van der Waals surface area contributed by atoms with Crippen LogP contribution in [0.1, 0.15) is 10.6 Å². The molecule has 0 radical (unpaired) electrons. The van der Waals surface area contributed by atoms with Gasteiger partial charge in [-0.05, 0) is 20.2 Å². The summed E-state index contributed by atoms with van der Waals surface area (Å²) in [5, 5.41) is 13.6. The van der Waals surface area contributed by atoms with Crippen LogP contribution in [0.25, 0.3) is 0 Å². The Kier molecular flexibility index (Phi) is 8.26. The molecule has 0 bridgehead atoms. The highest BCUT2D eigenvalue weighted by molar-refractivity contribution is 7.09. The van der Waals surface area contributed by atoms with Gasteiger partial charge >= 0.3 is 0 Å². The molecule has 1 aromatic heterocycles. The van der Waals surface area contributed by atoms with Gasteiger partial charge in [0.15, 0.2) is 0 Å². The minimum atomic E-state index is -0.523. The van der Waals surface area contributed by atoms with Crippen molar-refractivity contribution in [2.75, 3.05) is 60.5 Å². The van der Waals surface area contributed by atoms with Crippen molar-refractivity contribution in [1.29, 1.82) is 0 Å². The quantitative estimate of drug-likeness (QED) is 0.629. The van der Waals surface area contributed by atoms with Crippen molar-refractivity contribution in [2.24, 2.45) is 0 Å². The molecule has 2 heterocycles. The number of ether oxygens (including phenoxy) is 2. The number of piperazine rings is 1. The van der Waals surface area contributed by atoms with Gasteiger partial charge in [0, 0.05) is 62.5 Å². The summed E-state index contributed by atoms with van der Waals surface area (Å²) in [7, 11) is 5.85. The molecule has 1 saturated heterocycles. The van der Waals surface area contributed by atoms with Crippen LogP contribution in [0.3, 0.4) is 0 Å². The lowest BCUT2D eigenvalue weighted by atomic mass is 10.1. The van der Waals surface area contributed by atoms with Gasteiger partial charge in [0.25, 0.3) is 0 Å². The molecule has 1 N–H and O–H groups in total. The van der Waals surface area contributed by atoms with Crippen LogP contribution in [-0.4, -0.2) is 91.4 Å². The molecule has 0 aliphatic carbocycles. The second-order valence-corrected chi connectivity index (χ2v) is 8.62. The zero-order valence-electron chi connectivity index (χ0n) is 17.6. The molecule has 1 aromatic carbocycles. The average Bonchev–Trinajstić information content (AvgIpc) is 3.22. The van der Waals surface area contributed by atoms with Gasteiger partial charge in [-0.25, -0.2) is 4.98 Å². The lowest BCUT2D eigenvalue weighted by molar-refractivity contribution is 0.0500. The number of β-amino-alcohol motifs (C(OH)–C–C–N with tert-alkyl or cyclic N) is 1. The number of likely N-dealkylation sites (N-methyl/N-ethyl adjacent to an activating group) is 1. The number of aliphatic hydroxyl groups excluding tert-OH is 1. The van der Waals surface area contributed by atoms with Gasteiger partial charge in [0.05, 0.1) is 13.7 Å². The summed E-state index contributed by atoms with van der Waals surface area (Å²) in [4.78, 5) is 11.2. The first-order valence-corrected chi connectivity index (χ1v) is 10.9.